The molecule has 1 rings (SSSR count). The molecular formula is C13H16O5. The molecule has 0 fully saturated rings. The van der Waals surface area contributed by atoms with Crippen molar-refractivity contribution in [3.05, 3.63) is 34.9 Å². The van der Waals surface area contributed by atoms with Gasteiger partial charge in [0.25, 0.3) is 0 Å². The van der Waals surface area contributed by atoms with Gasteiger partial charge in [0.1, 0.15) is 12.4 Å². The van der Waals surface area contributed by atoms with E-state index in [9.17, 15) is 19.8 Å². The van der Waals surface area contributed by atoms with Gasteiger partial charge in [0.2, 0.25) is 0 Å². The number of aldehydes is 1. The zero-order chi connectivity index (χ0) is 13.7. The first-order valence-corrected chi connectivity index (χ1v) is 5.59. The third-order valence-electron chi connectivity index (χ3n) is 2.59. The Hall–Kier alpha value is -1.72. The summed E-state index contributed by atoms with van der Waals surface area (Å²) in [4.78, 5) is 21.9. The highest BCUT2D eigenvalue weighted by Gasteiger charge is 2.27. The number of aliphatic hydroxyl groups is 2. The Bertz CT molecular complexity index is 441. The lowest BCUT2D eigenvalue weighted by Crippen LogP contribution is -2.29. The number of esters is 1. The summed E-state index contributed by atoms with van der Waals surface area (Å²) in [5, 5.41) is 19.4. The highest BCUT2D eigenvalue weighted by atomic mass is 16.5. The molecule has 2 unspecified atom stereocenters. The van der Waals surface area contributed by atoms with Crippen molar-refractivity contribution in [2.45, 2.75) is 26.1 Å². The summed E-state index contributed by atoms with van der Waals surface area (Å²) in [6, 6.07) is 4.57. The van der Waals surface area contributed by atoms with Crippen LogP contribution in [0.5, 0.6) is 0 Å². The molecule has 0 spiro atoms. The first-order valence-electron chi connectivity index (χ1n) is 5.59. The normalized spacial score (nSPS) is 13.8. The van der Waals surface area contributed by atoms with E-state index in [1.807, 2.05) is 0 Å². The Labute approximate surface area is 105 Å². The molecule has 0 aliphatic carbocycles. The van der Waals surface area contributed by atoms with Gasteiger partial charge in [-0.3, -0.25) is 4.79 Å². The first kappa shape index (κ1) is 14.3. The first-order chi connectivity index (χ1) is 8.51. The quantitative estimate of drug-likeness (QED) is 0.597. The van der Waals surface area contributed by atoms with Crippen LogP contribution < -0.4 is 0 Å². The van der Waals surface area contributed by atoms with Crippen molar-refractivity contribution in [1.29, 1.82) is 0 Å². The Morgan fingerprint density at radius 3 is 2.61 bits per heavy atom. The molecular weight excluding hydrogens is 236 g/mol. The van der Waals surface area contributed by atoms with Crippen LogP contribution in [0, 0.1) is 6.92 Å². The van der Waals surface area contributed by atoms with E-state index in [1.54, 1.807) is 19.9 Å². The molecule has 0 radical (unpaired) electrons. The van der Waals surface area contributed by atoms with Crippen LogP contribution in [0.2, 0.25) is 0 Å². The third kappa shape index (κ3) is 3.15. The zero-order valence-electron chi connectivity index (χ0n) is 10.3. The smallest absolute Gasteiger partial charge is 0.338 e. The Kier molecular flexibility index (Phi) is 5.00. The summed E-state index contributed by atoms with van der Waals surface area (Å²) in [6.07, 6.45) is -2.30. The Balaban J connectivity index is 2.89. The molecule has 0 aromatic heterocycles. The van der Waals surface area contributed by atoms with Crippen molar-refractivity contribution in [2.75, 3.05) is 6.61 Å². The van der Waals surface area contributed by atoms with Gasteiger partial charge in [0.05, 0.1) is 6.61 Å². The summed E-state index contributed by atoms with van der Waals surface area (Å²) in [6.45, 7) is 3.45. The molecule has 0 amide bonds. The van der Waals surface area contributed by atoms with Crippen LogP contribution in [-0.4, -0.2) is 35.2 Å². The molecule has 2 atom stereocenters. The minimum atomic E-state index is -1.63. The summed E-state index contributed by atoms with van der Waals surface area (Å²) >= 11 is 0. The number of carbonyl (C=O) groups is 2. The molecule has 2 N–H and O–H groups in total. The van der Waals surface area contributed by atoms with Crippen molar-refractivity contribution in [3.8, 4) is 0 Å². The number of aryl methyl sites for hydroxylation is 1. The molecule has 98 valence electrons. The second kappa shape index (κ2) is 6.28. The van der Waals surface area contributed by atoms with Crippen LogP contribution >= 0.6 is 0 Å². The van der Waals surface area contributed by atoms with Crippen LogP contribution in [0.4, 0.5) is 0 Å². The maximum absolute atomic E-state index is 11.3. The van der Waals surface area contributed by atoms with Gasteiger partial charge in [0, 0.05) is 5.56 Å². The molecule has 0 saturated carbocycles. The number of hydrogen-bond donors (Lipinski definition) is 2. The highest BCUT2D eigenvalue weighted by molar-refractivity contribution is 5.78. The Morgan fingerprint density at radius 1 is 1.44 bits per heavy atom. The molecule has 1 aromatic carbocycles. The van der Waals surface area contributed by atoms with E-state index < -0.39 is 18.2 Å². The third-order valence-corrected chi connectivity index (χ3v) is 2.59. The molecule has 5 heteroatoms. The summed E-state index contributed by atoms with van der Waals surface area (Å²) in [5.41, 5.74) is 1.52. The van der Waals surface area contributed by atoms with Crippen molar-refractivity contribution in [3.63, 3.8) is 0 Å². The molecule has 0 aliphatic rings. The van der Waals surface area contributed by atoms with E-state index in [-0.39, 0.29) is 6.61 Å². The van der Waals surface area contributed by atoms with Gasteiger partial charge in [-0.1, -0.05) is 18.2 Å². The summed E-state index contributed by atoms with van der Waals surface area (Å²) < 4.78 is 4.62. The second-order valence-electron chi connectivity index (χ2n) is 3.88. The van der Waals surface area contributed by atoms with Gasteiger partial charge in [0.15, 0.2) is 6.10 Å². The van der Waals surface area contributed by atoms with Gasteiger partial charge < -0.3 is 14.9 Å². The number of hydrogen-bond acceptors (Lipinski definition) is 5. The lowest BCUT2D eigenvalue weighted by molar-refractivity contribution is -0.159. The van der Waals surface area contributed by atoms with Gasteiger partial charge >= 0.3 is 5.97 Å². The molecule has 18 heavy (non-hydrogen) atoms. The highest BCUT2D eigenvalue weighted by Crippen LogP contribution is 2.20. The molecule has 0 bridgehead atoms. The van der Waals surface area contributed by atoms with E-state index in [4.69, 9.17) is 0 Å². The largest absolute Gasteiger partial charge is 0.464 e. The SMILES string of the molecule is CCOC(=O)C(O)C(O)c1ccc(C=O)c(C)c1. The number of carbonyl (C=O) groups excluding carboxylic acids is 2. The van der Waals surface area contributed by atoms with Crippen LogP contribution in [-0.2, 0) is 9.53 Å². The maximum atomic E-state index is 11.3. The second-order valence-corrected chi connectivity index (χ2v) is 3.88. The number of ether oxygens (including phenoxy) is 1. The van der Waals surface area contributed by atoms with Crippen LogP contribution in [0.1, 0.15) is 34.5 Å². The average molecular weight is 252 g/mol. The zero-order valence-corrected chi connectivity index (χ0v) is 10.3. The topological polar surface area (TPSA) is 83.8 Å². The minimum Gasteiger partial charge on any atom is -0.464 e. The predicted octanol–water partition coefficient (Wildman–Crippen LogP) is 0.765. The number of benzene rings is 1. The average Bonchev–Trinajstić information content (AvgIpc) is 2.37. The maximum Gasteiger partial charge on any atom is 0.338 e. The monoisotopic (exact) mass is 252 g/mol. The standard InChI is InChI=1S/C13H16O5/c1-3-18-13(17)12(16)11(15)9-4-5-10(7-14)8(2)6-9/h4-7,11-12,15-16H,3H2,1-2H3. The van der Waals surface area contributed by atoms with E-state index in [1.165, 1.54) is 12.1 Å². The van der Waals surface area contributed by atoms with Crippen molar-refractivity contribution in [2.24, 2.45) is 0 Å². The fourth-order valence-electron chi connectivity index (χ4n) is 1.55. The minimum absolute atomic E-state index is 0.131. The molecule has 0 heterocycles. The number of aliphatic hydroxyl groups excluding tert-OH is 2. The van der Waals surface area contributed by atoms with Crippen molar-refractivity contribution < 1.29 is 24.5 Å². The van der Waals surface area contributed by atoms with E-state index >= 15 is 0 Å². The molecule has 5 nitrogen and oxygen atoms in total. The lowest BCUT2D eigenvalue weighted by atomic mass is 9.99. The van der Waals surface area contributed by atoms with Crippen LogP contribution in [0.15, 0.2) is 18.2 Å². The predicted molar refractivity (Wildman–Crippen MR) is 64.2 cm³/mol. The van der Waals surface area contributed by atoms with Crippen LogP contribution in [0.3, 0.4) is 0 Å². The van der Waals surface area contributed by atoms with Crippen molar-refractivity contribution in [1.82, 2.24) is 0 Å². The molecule has 0 saturated heterocycles. The van der Waals surface area contributed by atoms with E-state index in [0.29, 0.717) is 23.0 Å². The van der Waals surface area contributed by atoms with Gasteiger partial charge in [-0.15, -0.1) is 0 Å². The van der Waals surface area contributed by atoms with Gasteiger partial charge in [-0.2, -0.15) is 0 Å². The molecule has 1 aromatic rings. The lowest BCUT2D eigenvalue weighted by Gasteiger charge is -2.17. The summed E-state index contributed by atoms with van der Waals surface area (Å²) in [7, 11) is 0. The number of rotatable bonds is 5. The Morgan fingerprint density at radius 2 is 2.11 bits per heavy atom. The van der Waals surface area contributed by atoms with Crippen molar-refractivity contribution >= 4 is 12.3 Å². The van der Waals surface area contributed by atoms with Gasteiger partial charge in [-0.25, -0.2) is 4.79 Å². The van der Waals surface area contributed by atoms with E-state index in [0.717, 1.165) is 0 Å². The summed E-state index contributed by atoms with van der Waals surface area (Å²) in [5.74, 6) is -0.873. The fraction of sp³-hybridized carbons (Fsp3) is 0.385. The van der Waals surface area contributed by atoms with Gasteiger partial charge in [-0.05, 0) is 25.0 Å². The molecule has 0 aliphatic heterocycles. The van der Waals surface area contributed by atoms with Crippen LogP contribution in [0.25, 0.3) is 0 Å². The van der Waals surface area contributed by atoms with E-state index in [2.05, 4.69) is 4.74 Å². The fourth-order valence-corrected chi connectivity index (χ4v) is 1.55.